The van der Waals surface area contributed by atoms with Gasteiger partial charge in [0.2, 0.25) is 0 Å². The molecule has 0 radical (unpaired) electrons. The molecule has 0 bridgehead atoms. The summed E-state index contributed by atoms with van der Waals surface area (Å²) in [7, 11) is 0. The molecular weight excluding hydrogens is 188 g/mol. The summed E-state index contributed by atoms with van der Waals surface area (Å²) < 4.78 is 10.8. The van der Waals surface area contributed by atoms with Gasteiger partial charge in [-0.15, -0.1) is 0 Å². The van der Waals surface area contributed by atoms with Crippen molar-refractivity contribution in [2.45, 2.75) is 47.0 Å². The number of rotatable bonds is 6. The fraction of sp³-hybridized carbons (Fsp3) is 1.00. The van der Waals surface area contributed by atoms with Gasteiger partial charge in [0.1, 0.15) is 6.79 Å². The van der Waals surface area contributed by atoms with E-state index in [9.17, 15) is 0 Å². The van der Waals surface area contributed by atoms with Gasteiger partial charge in [0.05, 0.1) is 6.61 Å². The predicted octanol–water partition coefficient (Wildman–Crippen LogP) is 3.46. The molecule has 0 N–H and O–H groups in total. The van der Waals surface area contributed by atoms with Crippen LogP contribution in [-0.4, -0.2) is 20.0 Å². The largest absolute Gasteiger partial charge is 0.356 e. The highest BCUT2D eigenvalue weighted by atomic mass is 16.7. The Hall–Kier alpha value is -0.0800. The van der Waals surface area contributed by atoms with Crippen molar-refractivity contribution in [1.82, 2.24) is 0 Å². The quantitative estimate of drug-likeness (QED) is 0.498. The average molecular weight is 214 g/mol. The van der Waals surface area contributed by atoms with Gasteiger partial charge in [-0.3, -0.25) is 0 Å². The van der Waals surface area contributed by atoms with Gasteiger partial charge in [-0.25, -0.2) is 0 Å². The van der Waals surface area contributed by atoms with Crippen molar-refractivity contribution in [3.8, 4) is 0 Å². The summed E-state index contributed by atoms with van der Waals surface area (Å²) in [5.74, 6) is 1.71. The van der Waals surface area contributed by atoms with E-state index in [1.807, 2.05) is 6.92 Å². The third-order valence-corrected chi connectivity index (χ3v) is 3.64. The van der Waals surface area contributed by atoms with E-state index in [1.165, 1.54) is 19.3 Å². The second-order valence-corrected chi connectivity index (χ2v) is 5.52. The lowest BCUT2D eigenvalue weighted by Gasteiger charge is -2.24. The van der Waals surface area contributed by atoms with Crippen LogP contribution in [0.2, 0.25) is 0 Å². The molecule has 1 unspecified atom stereocenters. The summed E-state index contributed by atoms with van der Waals surface area (Å²) in [6.07, 6.45) is 3.99. The predicted molar refractivity (Wildman–Crippen MR) is 62.7 cm³/mol. The Morgan fingerprint density at radius 3 is 2.60 bits per heavy atom. The van der Waals surface area contributed by atoms with E-state index >= 15 is 0 Å². The van der Waals surface area contributed by atoms with Crippen LogP contribution in [0.5, 0.6) is 0 Å². The number of hydrogen-bond acceptors (Lipinski definition) is 2. The van der Waals surface area contributed by atoms with E-state index in [4.69, 9.17) is 9.47 Å². The van der Waals surface area contributed by atoms with Crippen molar-refractivity contribution in [2.75, 3.05) is 20.0 Å². The highest BCUT2D eigenvalue weighted by molar-refractivity contribution is 4.86. The first kappa shape index (κ1) is 13.0. The summed E-state index contributed by atoms with van der Waals surface area (Å²) in [6.45, 7) is 11.1. The van der Waals surface area contributed by atoms with Gasteiger partial charge in [0.25, 0.3) is 0 Å². The van der Waals surface area contributed by atoms with Gasteiger partial charge in [-0.2, -0.15) is 0 Å². The average Bonchev–Trinajstić information content (AvgIpc) is 2.57. The van der Waals surface area contributed by atoms with Crippen molar-refractivity contribution in [3.05, 3.63) is 0 Å². The molecule has 2 nitrogen and oxygen atoms in total. The maximum absolute atomic E-state index is 5.57. The lowest BCUT2D eigenvalue weighted by molar-refractivity contribution is -0.0757. The molecule has 0 aromatic carbocycles. The van der Waals surface area contributed by atoms with Crippen molar-refractivity contribution in [1.29, 1.82) is 0 Å². The zero-order chi connectivity index (χ0) is 11.3. The number of hydrogen-bond donors (Lipinski definition) is 0. The first-order valence-electron chi connectivity index (χ1n) is 6.23. The van der Waals surface area contributed by atoms with Crippen molar-refractivity contribution >= 4 is 0 Å². The van der Waals surface area contributed by atoms with Gasteiger partial charge in [-0.05, 0) is 43.4 Å². The summed E-state index contributed by atoms with van der Waals surface area (Å²) in [6, 6.07) is 0. The Bertz CT molecular complexity index is 179. The van der Waals surface area contributed by atoms with E-state index in [0.29, 0.717) is 12.2 Å². The highest BCUT2D eigenvalue weighted by Crippen LogP contribution is 2.44. The molecule has 1 rings (SSSR count). The second-order valence-electron chi connectivity index (χ2n) is 5.52. The number of ether oxygens (including phenoxy) is 2. The van der Waals surface area contributed by atoms with Gasteiger partial charge >= 0.3 is 0 Å². The molecule has 0 heterocycles. The van der Waals surface area contributed by atoms with E-state index in [-0.39, 0.29) is 0 Å². The SMILES string of the molecule is CCOCOC[C@]1(C)CCC(C(C)C)C1. The Morgan fingerprint density at radius 2 is 2.07 bits per heavy atom. The molecule has 1 fully saturated rings. The fourth-order valence-electron chi connectivity index (χ4n) is 2.50. The fourth-order valence-corrected chi connectivity index (χ4v) is 2.50. The zero-order valence-electron chi connectivity index (χ0n) is 10.7. The lowest BCUT2D eigenvalue weighted by Crippen LogP contribution is -2.21. The Kier molecular flexibility index (Phi) is 5.07. The van der Waals surface area contributed by atoms with Gasteiger partial charge in [0.15, 0.2) is 0 Å². The third-order valence-electron chi connectivity index (χ3n) is 3.64. The summed E-state index contributed by atoms with van der Waals surface area (Å²) in [4.78, 5) is 0. The summed E-state index contributed by atoms with van der Waals surface area (Å²) >= 11 is 0. The van der Waals surface area contributed by atoms with E-state index in [1.54, 1.807) is 0 Å². The summed E-state index contributed by atoms with van der Waals surface area (Å²) in [5, 5.41) is 0. The van der Waals surface area contributed by atoms with Crippen LogP contribution in [0.25, 0.3) is 0 Å². The molecule has 1 aliphatic rings. The van der Waals surface area contributed by atoms with E-state index in [2.05, 4.69) is 20.8 Å². The van der Waals surface area contributed by atoms with Crippen LogP contribution in [0.3, 0.4) is 0 Å². The highest BCUT2D eigenvalue weighted by Gasteiger charge is 2.36. The molecule has 0 aromatic heterocycles. The molecule has 1 aliphatic carbocycles. The molecule has 0 aliphatic heterocycles. The molecule has 1 saturated carbocycles. The smallest absolute Gasteiger partial charge is 0.146 e. The van der Waals surface area contributed by atoms with E-state index < -0.39 is 0 Å². The van der Waals surface area contributed by atoms with Crippen LogP contribution in [-0.2, 0) is 9.47 Å². The first-order valence-corrected chi connectivity index (χ1v) is 6.23. The Balaban J connectivity index is 2.23. The minimum Gasteiger partial charge on any atom is -0.356 e. The van der Waals surface area contributed by atoms with Crippen LogP contribution in [0.4, 0.5) is 0 Å². The molecular formula is C13H26O2. The normalized spacial score (nSPS) is 31.4. The Morgan fingerprint density at radius 1 is 1.33 bits per heavy atom. The molecule has 0 spiro atoms. The van der Waals surface area contributed by atoms with Crippen LogP contribution in [0.1, 0.15) is 47.0 Å². The molecule has 0 amide bonds. The van der Waals surface area contributed by atoms with Gasteiger partial charge in [0, 0.05) is 6.61 Å². The standard InChI is InChI=1S/C13H26O2/c1-5-14-10-15-9-13(4)7-6-12(8-13)11(2)3/h11-12H,5-10H2,1-4H3/t12?,13-/m1/s1. The third kappa shape index (κ3) is 4.12. The molecule has 0 aromatic rings. The van der Waals surface area contributed by atoms with Gasteiger partial charge in [-0.1, -0.05) is 20.8 Å². The maximum Gasteiger partial charge on any atom is 0.146 e. The lowest BCUT2D eigenvalue weighted by atomic mass is 9.86. The monoisotopic (exact) mass is 214 g/mol. The topological polar surface area (TPSA) is 18.5 Å². The van der Waals surface area contributed by atoms with Crippen LogP contribution in [0.15, 0.2) is 0 Å². The zero-order valence-corrected chi connectivity index (χ0v) is 10.7. The summed E-state index contributed by atoms with van der Waals surface area (Å²) in [5.41, 5.74) is 0.395. The second kappa shape index (κ2) is 5.86. The van der Waals surface area contributed by atoms with Crippen molar-refractivity contribution in [3.63, 3.8) is 0 Å². The van der Waals surface area contributed by atoms with Crippen LogP contribution >= 0.6 is 0 Å². The minimum atomic E-state index is 0.395. The van der Waals surface area contributed by atoms with Crippen molar-refractivity contribution in [2.24, 2.45) is 17.3 Å². The van der Waals surface area contributed by atoms with Crippen LogP contribution < -0.4 is 0 Å². The van der Waals surface area contributed by atoms with E-state index in [0.717, 1.165) is 25.0 Å². The molecule has 2 heteroatoms. The molecule has 90 valence electrons. The Labute approximate surface area is 94.3 Å². The van der Waals surface area contributed by atoms with Crippen LogP contribution in [0, 0.1) is 17.3 Å². The maximum atomic E-state index is 5.57. The van der Waals surface area contributed by atoms with Crippen molar-refractivity contribution < 1.29 is 9.47 Å². The molecule has 15 heavy (non-hydrogen) atoms. The van der Waals surface area contributed by atoms with Gasteiger partial charge < -0.3 is 9.47 Å². The molecule has 0 saturated heterocycles. The first-order chi connectivity index (χ1) is 7.07. The minimum absolute atomic E-state index is 0.395. The molecule has 2 atom stereocenters.